The Morgan fingerprint density at radius 2 is 1.95 bits per heavy atom. The van der Waals surface area contributed by atoms with Crippen LogP contribution in [0, 0.1) is 6.92 Å². The SMILES string of the molecule is COc1ccc(C(C)NCc2cn(C)nc2C)cc1OC. The van der Waals surface area contributed by atoms with E-state index >= 15 is 0 Å². The molecule has 1 atom stereocenters. The first-order chi connectivity index (χ1) is 10.0. The molecule has 114 valence electrons. The topological polar surface area (TPSA) is 48.3 Å². The van der Waals surface area contributed by atoms with Crippen molar-refractivity contribution in [1.29, 1.82) is 0 Å². The number of nitrogens with one attached hydrogen (secondary N) is 1. The van der Waals surface area contributed by atoms with Gasteiger partial charge in [0.15, 0.2) is 11.5 Å². The van der Waals surface area contributed by atoms with Gasteiger partial charge in [0.25, 0.3) is 0 Å². The van der Waals surface area contributed by atoms with Gasteiger partial charge in [0.1, 0.15) is 0 Å². The van der Waals surface area contributed by atoms with Gasteiger partial charge in [-0.2, -0.15) is 5.10 Å². The van der Waals surface area contributed by atoms with E-state index in [1.165, 1.54) is 5.56 Å². The first-order valence-corrected chi connectivity index (χ1v) is 6.99. The molecule has 0 saturated heterocycles. The molecular weight excluding hydrogens is 266 g/mol. The molecule has 0 bridgehead atoms. The first-order valence-electron chi connectivity index (χ1n) is 6.99. The fourth-order valence-electron chi connectivity index (χ4n) is 2.33. The average molecular weight is 289 g/mol. The number of aryl methyl sites for hydroxylation is 2. The minimum Gasteiger partial charge on any atom is -0.493 e. The molecule has 0 aliphatic heterocycles. The summed E-state index contributed by atoms with van der Waals surface area (Å²) < 4.78 is 12.4. The molecule has 0 saturated carbocycles. The number of hydrogen-bond donors (Lipinski definition) is 1. The summed E-state index contributed by atoms with van der Waals surface area (Å²) in [6.07, 6.45) is 2.05. The van der Waals surface area contributed by atoms with E-state index in [0.717, 1.165) is 29.3 Å². The summed E-state index contributed by atoms with van der Waals surface area (Å²) in [5, 5.41) is 7.86. The molecule has 0 aliphatic carbocycles. The molecule has 0 radical (unpaired) electrons. The van der Waals surface area contributed by atoms with Gasteiger partial charge in [-0.25, -0.2) is 0 Å². The van der Waals surface area contributed by atoms with Crippen molar-refractivity contribution in [1.82, 2.24) is 15.1 Å². The Balaban J connectivity index is 2.06. The van der Waals surface area contributed by atoms with Gasteiger partial charge in [-0.05, 0) is 31.5 Å². The van der Waals surface area contributed by atoms with Crippen LogP contribution in [0.25, 0.3) is 0 Å². The van der Waals surface area contributed by atoms with E-state index in [0.29, 0.717) is 0 Å². The summed E-state index contributed by atoms with van der Waals surface area (Å²) in [5.41, 5.74) is 3.43. The molecule has 0 aliphatic rings. The van der Waals surface area contributed by atoms with E-state index < -0.39 is 0 Å². The zero-order valence-electron chi connectivity index (χ0n) is 13.3. The van der Waals surface area contributed by atoms with Crippen molar-refractivity contribution in [3.05, 3.63) is 41.2 Å². The highest BCUT2D eigenvalue weighted by molar-refractivity contribution is 5.43. The maximum absolute atomic E-state index is 5.35. The predicted octanol–water partition coefficient (Wildman–Crippen LogP) is 2.60. The van der Waals surface area contributed by atoms with E-state index in [1.54, 1.807) is 14.2 Å². The van der Waals surface area contributed by atoms with Crippen LogP contribution < -0.4 is 14.8 Å². The zero-order valence-corrected chi connectivity index (χ0v) is 13.3. The Labute approximate surface area is 125 Å². The van der Waals surface area contributed by atoms with Crippen LogP contribution in [0.2, 0.25) is 0 Å². The minimum atomic E-state index is 0.212. The summed E-state index contributed by atoms with van der Waals surface area (Å²) in [6.45, 7) is 4.94. The molecule has 1 aromatic carbocycles. The van der Waals surface area contributed by atoms with Crippen molar-refractivity contribution in [2.45, 2.75) is 26.4 Å². The van der Waals surface area contributed by atoms with Crippen molar-refractivity contribution >= 4 is 0 Å². The van der Waals surface area contributed by atoms with Gasteiger partial charge in [0.2, 0.25) is 0 Å². The Kier molecular flexibility index (Phi) is 4.85. The van der Waals surface area contributed by atoms with Crippen LogP contribution in [0.5, 0.6) is 11.5 Å². The number of nitrogens with zero attached hydrogens (tertiary/aromatic N) is 2. The Hall–Kier alpha value is -2.01. The normalized spacial score (nSPS) is 12.2. The second kappa shape index (κ2) is 6.63. The van der Waals surface area contributed by atoms with Gasteiger partial charge in [0, 0.05) is 31.4 Å². The van der Waals surface area contributed by atoms with Crippen LogP contribution in [0.15, 0.2) is 24.4 Å². The summed E-state index contributed by atoms with van der Waals surface area (Å²) in [6, 6.07) is 6.20. The first kappa shape index (κ1) is 15.4. The van der Waals surface area contributed by atoms with E-state index in [4.69, 9.17) is 9.47 Å². The Bertz CT molecular complexity index is 608. The van der Waals surface area contributed by atoms with Crippen LogP contribution in [0.3, 0.4) is 0 Å². The lowest BCUT2D eigenvalue weighted by Crippen LogP contribution is -2.18. The number of methoxy groups -OCH3 is 2. The maximum Gasteiger partial charge on any atom is 0.161 e. The van der Waals surface area contributed by atoms with Crippen molar-refractivity contribution in [2.75, 3.05) is 14.2 Å². The third-order valence-electron chi connectivity index (χ3n) is 3.62. The quantitative estimate of drug-likeness (QED) is 0.888. The van der Waals surface area contributed by atoms with E-state index in [1.807, 2.05) is 37.0 Å². The summed E-state index contributed by atoms with van der Waals surface area (Å²) in [5.74, 6) is 1.50. The molecule has 0 fully saturated rings. The van der Waals surface area contributed by atoms with Gasteiger partial charge >= 0.3 is 0 Å². The fourth-order valence-corrected chi connectivity index (χ4v) is 2.33. The largest absolute Gasteiger partial charge is 0.493 e. The molecule has 1 unspecified atom stereocenters. The highest BCUT2D eigenvalue weighted by Gasteiger charge is 2.11. The summed E-state index contributed by atoms with van der Waals surface area (Å²) in [4.78, 5) is 0. The number of aromatic nitrogens is 2. The third-order valence-corrected chi connectivity index (χ3v) is 3.62. The van der Waals surface area contributed by atoms with Crippen LogP contribution >= 0.6 is 0 Å². The lowest BCUT2D eigenvalue weighted by Gasteiger charge is -2.16. The van der Waals surface area contributed by atoms with E-state index in [-0.39, 0.29) is 6.04 Å². The van der Waals surface area contributed by atoms with Gasteiger partial charge < -0.3 is 14.8 Å². The molecule has 5 nitrogen and oxygen atoms in total. The van der Waals surface area contributed by atoms with Gasteiger partial charge in [-0.15, -0.1) is 0 Å². The lowest BCUT2D eigenvalue weighted by atomic mass is 10.1. The maximum atomic E-state index is 5.35. The molecule has 2 rings (SSSR count). The average Bonchev–Trinajstić information content (AvgIpc) is 2.81. The number of rotatable bonds is 6. The highest BCUT2D eigenvalue weighted by atomic mass is 16.5. The summed E-state index contributed by atoms with van der Waals surface area (Å²) >= 11 is 0. The molecule has 1 aromatic heterocycles. The van der Waals surface area contributed by atoms with E-state index in [9.17, 15) is 0 Å². The van der Waals surface area contributed by atoms with Crippen molar-refractivity contribution in [2.24, 2.45) is 7.05 Å². The van der Waals surface area contributed by atoms with Crippen molar-refractivity contribution in [3.63, 3.8) is 0 Å². The molecule has 1 N–H and O–H groups in total. The number of benzene rings is 1. The monoisotopic (exact) mass is 289 g/mol. The fraction of sp³-hybridized carbons (Fsp3) is 0.438. The van der Waals surface area contributed by atoms with Crippen LogP contribution in [-0.4, -0.2) is 24.0 Å². The van der Waals surface area contributed by atoms with Crippen LogP contribution in [0.4, 0.5) is 0 Å². The van der Waals surface area contributed by atoms with Gasteiger partial charge in [0.05, 0.1) is 19.9 Å². The molecule has 5 heteroatoms. The molecule has 2 aromatic rings. The zero-order chi connectivity index (χ0) is 15.4. The Morgan fingerprint density at radius 1 is 1.24 bits per heavy atom. The van der Waals surface area contributed by atoms with Crippen LogP contribution in [-0.2, 0) is 13.6 Å². The second-order valence-electron chi connectivity index (χ2n) is 5.13. The molecular formula is C16H23N3O2. The standard InChI is InChI=1S/C16H23N3O2/c1-11(17-9-14-10-19(3)18-12(14)2)13-6-7-15(20-4)16(8-13)21-5/h6-8,10-11,17H,9H2,1-5H3. The van der Waals surface area contributed by atoms with E-state index in [2.05, 4.69) is 23.4 Å². The van der Waals surface area contributed by atoms with Gasteiger partial charge in [-0.1, -0.05) is 6.07 Å². The van der Waals surface area contributed by atoms with Gasteiger partial charge in [-0.3, -0.25) is 4.68 Å². The van der Waals surface area contributed by atoms with Crippen LogP contribution in [0.1, 0.15) is 29.8 Å². The molecule has 1 heterocycles. The van der Waals surface area contributed by atoms with Crippen molar-refractivity contribution in [3.8, 4) is 11.5 Å². The third kappa shape index (κ3) is 3.55. The number of hydrogen-bond acceptors (Lipinski definition) is 4. The molecule has 0 spiro atoms. The number of ether oxygens (including phenoxy) is 2. The Morgan fingerprint density at radius 3 is 2.52 bits per heavy atom. The summed E-state index contributed by atoms with van der Waals surface area (Å²) in [7, 11) is 5.23. The molecule has 21 heavy (non-hydrogen) atoms. The minimum absolute atomic E-state index is 0.212. The smallest absolute Gasteiger partial charge is 0.161 e. The predicted molar refractivity (Wildman–Crippen MR) is 82.7 cm³/mol. The second-order valence-corrected chi connectivity index (χ2v) is 5.13. The lowest BCUT2D eigenvalue weighted by molar-refractivity contribution is 0.354. The van der Waals surface area contributed by atoms with Crippen molar-refractivity contribution < 1.29 is 9.47 Å². The highest BCUT2D eigenvalue weighted by Crippen LogP contribution is 2.29. The molecule has 0 amide bonds.